The SMILES string of the molecule is C=CCN(CC(=O)O)C(=O)NCc1csc(C)n1. The summed E-state index contributed by atoms with van der Waals surface area (Å²) in [6.07, 6.45) is 1.48. The summed E-state index contributed by atoms with van der Waals surface area (Å²) in [6, 6.07) is -0.442. The van der Waals surface area contributed by atoms with E-state index in [0.717, 1.165) is 15.6 Å². The number of carboxylic acids is 1. The summed E-state index contributed by atoms with van der Waals surface area (Å²) in [7, 11) is 0. The molecule has 18 heavy (non-hydrogen) atoms. The molecule has 98 valence electrons. The third-order valence-corrected chi connectivity index (χ3v) is 2.87. The van der Waals surface area contributed by atoms with E-state index in [1.807, 2.05) is 12.3 Å². The maximum Gasteiger partial charge on any atom is 0.323 e. The number of aromatic nitrogens is 1. The van der Waals surface area contributed by atoms with Crippen LogP contribution < -0.4 is 5.32 Å². The zero-order chi connectivity index (χ0) is 13.5. The van der Waals surface area contributed by atoms with Crippen LogP contribution in [0.4, 0.5) is 4.79 Å². The lowest BCUT2D eigenvalue weighted by Gasteiger charge is -2.18. The highest BCUT2D eigenvalue weighted by molar-refractivity contribution is 7.09. The van der Waals surface area contributed by atoms with Crippen LogP contribution in [0.2, 0.25) is 0 Å². The molecule has 0 aliphatic carbocycles. The first-order chi connectivity index (χ1) is 8.52. The summed E-state index contributed by atoms with van der Waals surface area (Å²) in [5, 5.41) is 14.1. The molecule has 1 aromatic rings. The normalized spacial score (nSPS) is 9.83. The van der Waals surface area contributed by atoms with Gasteiger partial charge in [-0.15, -0.1) is 17.9 Å². The molecule has 0 spiro atoms. The first kappa shape index (κ1) is 14.2. The largest absolute Gasteiger partial charge is 0.480 e. The molecule has 1 heterocycles. The topological polar surface area (TPSA) is 82.5 Å². The highest BCUT2D eigenvalue weighted by Crippen LogP contribution is 2.07. The summed E-state index contributed by atoms with van der Waals surface area (Å²) in [5.41, 5.74) is 0.764. The van der Waals surface area contributed by atoms with Crippen molar-refractivity contribution in [3.05, 3.63) is 28.7 Å². The molecule has 1 aromatic heterocycles. The molecule has 7 heteroatoms. The fraction of sp³-hybridized carbons (Fsp3) is 0.364. The lowest BCUT2D eigenvalue weighted by molar-refractivity contribution is -0.137. The molecule has 1 rings (SSSR count). The van der Waals surface area contributed by atoms with Gasteiger partial charge in [0, 0.05) is 11.9 Å². The number of rotatable bonds is 6. The first-order valence-electron chi connectivity index (χ1n) is 5.29. The van der Waals surface area contributed by atoms with Gasteiger partial charge in [-0.25, -0.2) is 9.78 Å². The van der Waals surface area contributed by atoms with E-state index in [4.69, 9.17) is 5.11 Å². The summed E-state index contributed by atoms with van der Waals surface area (Å²) < 4.78 is 0. The number of nitrogens with zero attached hydrogens (tertiary/aromatic N) is 2. The van der Waals surface area contributed by atoms with Crippen molar-refractivity contribution in [2.45, 2.75) is 13.5 Å². The maximum atomic E-state index is 11.7. The Morgan fingerprint density at radius 1 is 1.67 bits per heavy atom. The van der Waals surface area contributed by atoms with Gasteiger partial charge >= 0.3 is 12.0 Å². The fourth-order valence-corrected chi connectivity index (χ4v) is 1.92. The summed E-state index contributed by atoms with van der Waals surface area (Å²) in [4.78, 5) is 27.7. The number of amides is 2. The number of carbonyl (C=O) groups excluding carboxylic acids is 1. The summed E-state index contributed by atoms with van der Waals surface area (Å²) >= 11 is 1.50. The van der Waals surface area contributed by atoms with E-state index < -0.39 is 12.0 Å². The van der Waals surface area contributed by atoms with E-state index in [1.54, 1.807) is 0 Å². The first-order valence-corrected chi connectivity index (χ1v) is 6.17. The second-order valence-electron chi connectivity index (χ2n) is 3.58. The van der Waals surface area contributed by atoms with Gasteiger partial charge in [-0.05, 0) is 6.92 Å². The van der Waals surface area contributed by atoms with Crippen molar-refractivity contribution in [3.8, 4) is 0 Å². The van der Waals surface area contributed by atoms with Crippen molar-refractivity contribution in [1.29, 1.82) is 0 Å². The van der Waals surface area contributed by atoms with Crippen molar-refractivity contribution in [2.24, 2.45) is 0 Å². The van der Waals surface area contributed by atoms with Gasteiger partial charge in [0.1, 0.15) is 6.54 Å². The van der Waals surface area contributed by atoms with E-state index in [0.29, 0.717) is 0 Å². The molecule has 0 aliphatic heterocycles. The smallest absolute Gasteiger partial charge is 0.323 e. The molecule has 0 radical (unpaired) electrons. The Balaban J connectivity index is 2.50. The third kappa shape index (κ3) is 4.54. The average molecular weight is 269 g/mol. The zero-order valence-electron chi connectivity index (χ0n) is 10.0. The number of aryl methyl sites for hydroxylation is 1. The Morgan fingerprint density at radius 2 is 2.39 bits per heavy atom. The van der Waals surface area contributed by atoms with E-state index in [1.165, 1.54) is 17.4 Å². The molecule has 2 amide bonds. The van der Waals surface area contributed by atoms with Crippen LogP contribution in [0.25, 0.3) is 0 Å². The molecule has 0 fully saturated rings. The monoisotopic (exact) mass is 269 g/mol. The van der Waals surface area contributed by atoms with Gasteiger partial charge in [0.2, 0.25) is 0 Å². The lowest BCUT2D eigenvalue weighted by Crippen LogP contribution is -2.42. The molecule has 0 saturated heterocycles. The fourth-order valence-electron chi connectivity index (χ4n) is 1.31. The van der Waals surface area contributed by atoms with Gasteiger partial charge in [-0.3, -0.25) is 4.79 Å². The lowest BCUT2D eigenvalue weighted by atomic mass is 10.4. The second-order valence-corrected chi connectivity index (χ2v) is 4.64. The van der Waals surface area contributed by atoms with Gasteiger partial charge in [-0.2, -0.15) is 0 Å². The van der Waals surface area contributed by atoms with Crippen molar-refractivity contribution < 1.29 is 14.7 Å². The molecule has 2 N–H and O–H groups in total. The molecule has 0 bridgehead atoms. The Kier molecular flexibility index (Phi) is 5.31. The minimum atomic E-state index is -1.06. The standard InChI is InChI=1S/C11H15N3O3S/c1-3-4-14(6-10(15)16)11(17)12-5-9-7-18-8(2)13-9/h3,7H,1,4-6H2,2H3,(H,12,17)(H,15,16). The Hall–Kier alpha value is -1.89. The van der Waals surface area contributed by atoms with Crippen LogP contribution in [0.15, 0.2) is 18.0 Å². The number of carboxylic acid groups (broad SMARTS) is 1. The van der Waals surface area contributed by atoms with Crippen molar-refractivity contribution in [1.82, 2.24) is 15.2 Å². The number of thiazole rings is 1. The highest BCUT2D eigenvalue weighted by atomic mass is 32.1. The minimum absolute atomic E-state index is 0.189. The van der Waals surface area contributed by atoms with Gasteiger partial charge in [0.05, 0.1) is 17.2 Å². The molecule has 0 unspecified atom stereocenters. The third-order valence-electron chi connectivity index (χ3n) is 2.05. The molecule has 0 saturated carbocycles. The van der Waals surface area contributed by atoms with Crippen molar-refractivity contribution in [2.75, 3.05) is 13.1 Å². The van der Waals surface area contributed by atoms with Crippen LogP contribution in [0.1, 0.15) is 10.7 Å². The number of nitrogens with one attached hydrogen (secondary N) is 1. The average Bonchev–Trinajstić information content (AvgIpc) is 2.71. The van der Waals surface area contributed by atoms with E-state index in [9.17, 15) is 9.59 Å². The van der Waals surface area contributed by atoms with Crippen LogP contribution in [-0.2, 0) is 11.3 Å². The molecule has 0 aliphatic rings. The number of hydrogen-bond acceptors (Lipinski definition) is 4. The molecule has 0 aromatic carbocycles. The Labute approximate surface area is 109 Å². The van der Waals surface area contributed by atoms with Crippen molar-refractivity contribution >= 4 is 23.3 Å². The summed E-state index contributed by atoms with van der Waals surface area (Å²) in [5.74, 6) is -1.06. The van der Waals surface area contributed by atoms with Gasteiger partial charge < -0.3 is 15.3 Å². The number of carbonyl (C=O) groups is 2. The van der Waals surface area contributed by atoms with Gasteiger partial charge in [-0.1, -0.05) is 6.08 Å². The molecule has 6 nitrogen and oxygen atoms in total. The van der Waals surface area contributed by atoms with Crippen LogP contribution in [-0.4, -0.2) is 40.1 Å². The number of urea groups is 1. The highest BCUT2D eigenvalue weighted by Gasteiger charge is 2.15. The minimum Gasteiger partial charge on any atom is -0.480 e. The van der Waals surface area contributed by atoms with Crippen LogP contribution >= 0.6 is 11.3 Å². The van der Waals surface area contributed by atoms with E-state index in [2.05, 4.69) is 16.9 Å². The predicted octanol–water partition coefficient (Wildman–Crippen LogP) is 1.23. The van der Waals surface area contributed by atoms with Crippen LogP contribution in [0.5, 0.6) is 0 Å². The second kappa shape index (κ2) is 6.75. The maximum absolute atomic E-state index is 11.7. The van der Waals surface area contributed by atoms with E-state index >= 15 is 0 Å². The van der Waals surface area contributed by atoms with Crippen LogP contribution in [0.3, 0.4) is 0 Å². The predicted molar refractivity (Wildman–Crippen MR) is 68.5 cm³/mol. The summed E-state index contributed by atoms with van der Waals surface area (Å²) in [6.45, 7) is 5.49. The van der Waals surface area contributed by atoms with Crippen molar-refractivity contribution in [3.63, 3.8) is 0 Å². The Morgan fingerprint density at radius 3 is 2.89 bits per heavy atom. The van der Waals surface area contributed by atoms with Crippen LogP contribution in [0, 0.1) is 6.92 Å². The zero-order valence-corrected chi connectivity index (χ0v) is 10.9. The molecule has 0 atom stereocenters. The molecular weight excluding hydrogens is 254 g/mol. The quantitative estimate of drug-likeness (QED) is 0.761. The van der Waals surface area contributed by atoms with Gasteiger partial charge in [0.25, 0.3) is 0 Å². The van der Waals surface area contributed by atoms with E-state index in [-0.39, 0.29) is 19.6 Å². The Bertz CT molecular complexity index is 444. The number of hydrogen-bond donors (Lipinski definition) is 2. The molecular formula is C11H15N3O3S. The number of aliphatic carboxylic acids is 1. The van der Waals surface area contributed by atoms with Gasteiger partial charge in [0.15, 0.2) is 0 Å².